The number of H-pyrrole nitrogens is 1. The second-order valence-electron chi connectivity index (χ2n) is 6.25. The Kier molecular flexibility index (Phi) is 4.30. The summed E-state index contributed by atoms with van der Waals surface area (Å²) in [5.74, 6) is -0.762. The van der Waals surface area contributed by atoms with Gasteiger partial charge in [0, 0.05) is 30.4 Å². The lowest BCUT2D eigenvalue weighted by molar-refractivity contribution is -0.142. The summed E-state index contributed by atoms with van der Waals surface area (Å²) in [7, 11) is 0. The Morgan fingerprint density at radius 1 is 1.42 bits per heavy atom. The first-order valence-corrected chi connectivity index (χ1v) is 7.08. The van der Waals surface area contributed by atoms with Crippen molar-refractivity contribution < 1.29 is 9.90 Å². The number of hydrogen-bond acceptors (Lipinski definition) is 2. The molecular formula is C15H24N2O2. The molecule has 1 aromatic heterocycles. The van der Waals surface area contributed by atoms with E-state index in [4.69, 9.17) is 5.11 Å². The molecule has 0 radical (unpaired) electrons. The van der Waals surface area contributed by atoms with Gasteiger partial charge in [0.1, 0.15) is 0 Å². The number of hydrogen-bond donors (Lipinski definition) is 3. The van der Waals surface area contributed by atoms with Crippen molar-refractivity contribution >= 4 is 5.97 Å². The number of carboxylic acids is 1. The van der Waals surface area contributed by atoms with Gasteiger partial charge in [-0.15, -0.1) is 0 Å². The average Bonchev–Trinajstić information content (AvgIpc) is 2.91. The summed E-state index contributed by atoms with van der Waals surface area (Å²) in [6.07, 6.45) is 7.55. The predicted octanol–water partition coefficient (Wildman–Crippen LogP) is 2.53. The molecule has 4 heteroatoms. The molecule has 0 atom stereocenters. The summed E-state index contributed by atoms with van der Waals surface area (Å²) in [6.45, 7) is 5.38. The van der Waals surface area contributed by atoms with Gasteiger partial charge >= 0.3 is 5.97 Å². The summed E-state index contributed by atoms with van der Waals surface area (Å²) < 4.78 is 0. The van der Waals surface area contributed by atoms with Crippen LogP contribution in [0.4, 0.5) is 0 Å². The van der Waals surface area contributed by atoms with Crippen LogP contribution in [-0.4, -0.2) is 28.6 Å². The molecule has 4 nitrogen and oxygen atoms in total. The molecule has 0 spiro atoms. The molecule has 3 N–H and O–H groups in total. The Hall–Kier alpha value is -1.29. The van der Waals surface area contributed by atoms with Crippen LogP contribution in [0.1, 0.15) is 45.1 Å². The second kappa shape index (κ2) is 5.78. The molecule has 0 aromatic carbocycles. The van der Waals surface area contributed by atoms with Gasteiger partial charge in [-0.05, 0) is 37.3 Å². The van der Waals surface area contributed by atoms with Gasteiger partial charge in [0.2, 0.25) is 0 Å². The summed E-state index contributed by atoms with van der Waals surface area (Å²) in [5.41, 5.74) is 1.41. The highest BCUT2D eigenvalue weighted by Crippen LogP contribution is 2.26. The zero-order valence-corrected chi connectivity index (χ0v) is 11.8. The Balaban J connectivity index is 1.79. The van der Waals surface area contributed by atoms with Crippen LogP contribution in [0, 0.1) is 5.92 Å². The maximum absolute atomic E-state index is 10.9. The van der Waals surface area contributed by atoms with Crippen molar-refractivity contribution in [1.29, 1.82) is 0 Å². The molecule has 106 valence electrons. The van der Waals surface area contributed by atoms with Gasteiger partial charge in [-0.3, -0.25) is 4.79 Å². The van der Waals surface area contributed by atoms with E-state index in [0.717, 1.165) is 32.2 Å². The third-order valence-electron chi connectivity index (χ3n) is 4.29. The van der Waals surface area contributed by atoms with Crippen LogP contribution in [-0.2, 0) is 10.2 Å². The van der Waals surface area contributed by atoms with E-state index in [2.05, 4.69) is 30.2 Å². The zero-order valence-electron chi connectivity index (χ0n) is 11.8. The van der Waals surface area contributed by atoms with Crippen LogP contribution in [0.2, 0.25) is 0 Å². The summed E-state index contributed by atoms with van der Waals surface area (Å²) in [6, 6.07) is 2.58. The van der Waals surface area contributed by atoms with Gasteiger partial charge in [-0.25, -0.2) is 0 Å². The van der Waals surface area contributed by atoms with Crippen molar-refractivity contribution in [3.8, 4) is 0 Å². The minimum absolute atomic E-state index is 0.101. The fourth-order valence-electron chi connectivity index (χ4n) is 2.79. The molecule has 1 aromatic rings. The van der Waals surface area contributed by atoms with Crippen molar-refractivity contribution in [2.24, 2.45) is 5.92 Å². The summed E-state index contributed by atoms with van der Waals surface area (Å²) in [5, 5.41) is 12.6. The fourth-order valence-corrected chi connectivity index (χ4v) is 2.79. The number of aromatic amines is 1. The molecule has 19 heavy (non-hydrogen) atoms. The first-order chi connectivity index (χ1) is 8.99. The average molecular weight is 264 g/mol. The van der Waals surface area contributed by atoms with E-state index in [1.54, 1.807) is 0 Å². The van der Waals surface area contributed by atoms with Gasteiger partial charge in [-0.1, -0.05) is 13.8 Å². The molecule has 2 rings (SSSR count). The van der Waals surface area contributed by atoms with Gasteiger partial charge in [0.25, 0.3) is 0 Å². The summed E-state index contributed by atoms with van der Waals surface area (Å²) >= 11 is 0. The maximum atomic E-state index is 10.9. The number of carbonyl (C=O) groups is 1. The first kappa shape index (κ1) is 14.1. The van der Waals surface area contributed by atoms with Gasteiger partial charge in [0.15, 0.2) is 0 Å². The van der Waals surface area contributed by atoms with Crippen LogP contribution in [0.15, 0.2) is 18.5 Å². The van der Waals surface area contributed by atoms with Crippen molar-refractivity contribution in [1.82, 2.24) is 10.3 Å². The first-order valence-electron chi connectivity index (χ1n) is 7.08. The second-order valence-corrected chi connectivity index (χ2v) is 6.25. The smallest absolute Gasteiger partial charge is 0.306 e. The maximum Gasteiger partial charge on any atom is 0.306 e. The molecule has 0 saturated heterocycles. The molecule has 0 bridgehead atoms. The predicted molar refractivity (Wildman–Crippen MR) is 75.2 cm³/mol. The molecule has 1 saturated carbocycles. The minimum atomic E-state index is -0.633. The number of nitrogens with one attached hydrogen (secondary N) is 2. The van der Waals surface area contributed by atoms with Crippen LogP contribution in [0.25, 0.3) is 0 Å². The highest BCUT2D eigenvalue weighted by atomic mass is 16.4. The highest BCUT2D eigenvalue weighted by Gasteiger charge is 2.27. The number of aliphatic carboxylic acids is 1. The molecule has 1 aliphatic rings. The fraction of sp³-hybridized carbons (Fsp3) is 0.667. The topological polar surface area (TPSA) is 65.1 Å². The van der Waals surface area contributed by atoms with E-state index in [1.807, 2.05) is 12.4 Å². The van der Waals surface area contributed by atoms with E-state index < -0.39 is 5.97 Å². The number of aromatic nitrogens is 1. The monoisotopic (exact) mass is 264 g/mol. The Labute approximate surface area is 114 Å². The van der Waals surface area contributed by atoms with E-state index in [0.29, 0.717) is 6.04 Å². The lowest BCUT2D eigenvalue weighted by Gasteiger charge is -2.31. The summed E-state index contributed by atoms with van der Waals surface area (Å²) in [4.78, 5) is 14.0. The largest absolute Gasteiger partial charge is 0.481 e. The Morgan fingerprint density at radius 2 is 2.11 bits per heavy atom. The SMILES string of the molecule is CC(C)(CNC1CCC(C(=O)O)CC1)c1cc[nH]c1. The molecule has 1 heterocycles. The van der Waals surface area contributed by atoms with Crippen LogP contribution >= 0.6 is 0 Å². The van der Waals surface area contributed by atoms with Crippen molar-refractivity contribution in [3.63, 3.8) is 0 Å². The highest BCUT2D eigenvalue weighted by molar-refractivity contribution is 5.70. The third kappa shape index (κ3) is 3.60. The van der Waals surface area contributed by atoms with Crippen LogP contribution in [0.5, 0.6) is 0 Å². The normalized spacial score (nSPS) is 24.3. The van der Waals surface area contributed by atoms with Crippen LogP contribution < -0.4 is 5.32 Å². The standard InChI is InChI=1S/C15H24N2O2/c1-15(2,12-7-8-16-9-12)10-17-13-5-3-11(4-6-13)14(18)19/h7-9,11,13,16-17H,3-6,10H2,1-2H3,(H,18,19). The molecule has 0 unspecified atom stereocenters. The van der Waals surface area contributed by atoms with Crippen LogP contribution in [0.3, 0.4) is 0 Å². The molecule has 0 amide bonds. The van der Waals surface area contributed by atoms with E-state index in [1.165, 1.54) is 5.56 Å². The molecule has 1 aliphatic carbocycles. The van der Waals surface area contributed by atoms with Crippen molar-refractivity contribution in [2.45, 2.75) is 51.0 Å². The molecule has 1 fully saturated rings. The van der Waals surface area contributed by atoms with Crippen molar-refractivity contribution in [3.05, 3.63) is 24.0 Å². The van der Waals surface area contributed by atoms with Crippen molar-refractivity contribution in [2.75, 3.05) is 6.54 Å². The Morgan fingerprint density at radius 3 is 2.63 bits per heavy atom. The Bertz CT molecular complexity index is 404. The lowest BCUT2D eigenvalue weighted by atomic mass is 9.83. The minimum Gasteiger partial charge on any atom is -0.481 e. The van der Waals surface area contributed by atoms with E-state index >= 15 is 0 Å². The third-order valence-corrected chi connectivity index (χ3v) is 4.29. The molecule has 0 aliphatic heterocycles. The molecular weight excluding hydrogens is 240 g/mol. The van der Waals surface area contributed by atoms with Gasteiger partial charge < -0.3 is 15.4 Å². The van der Waals surface area contributed by atoms with Gasteiger partial charge in [0.05, 0.1) is 5.92 Å². The quantitative estimate of drug-likeness (QED) is 0.765. The zero-order chi connectivity index (χ0) is 13.9. The number of rotatable bonds is 5. The lowest BCUT2D eigenvalue weighted by Crippen LogP contribution is -2.41. The number of carboxylic acid groups (broad SMARTS) is 1. The van der Waals surface area contributed by atoms with E-state index in [9.17, 15) is 4.79 Å². The van der Waals surface area contributed by atoms with Gasteiger partial charge in [-0.2, -0.15) is 0 Å². The van der Waals surface area contributed by atoms with E-state index in [-0.39, 0.29) is 11.3 Å².